The monoisotopic (exact) mass is 488 g/mol. The van der Waals surface area contributed by atoms with Crippen LogP contribution >= 0.6 is 8.53 Å². The first-order valence-corrected chi connectivity index (χ1v) is 12.8. The fourth-order valence-corrected chi connectivity index (χ4v) is 4.49. The van der Waals surface area contributed by atoms with Gasteiger partial charge in [0.1, 0.15) is 18.1 Å². The lowest BCUT2D eigenvalue weighted by molar-refractivity contribution is -0.146. The molecular formula is C22H41N4O6P. The van der Waals surface area contributed by atoms with E-state index < -0.39 is 26.8 Å². The van der Waals surface area contributed by atoms with Crippen molar-refractivity contribution in [2.45, 2.75) is 78.2 Å². The predicted molar refractivity (Wildman–Crippen MR) is 129 cm³/mol. The van der Waals surface area contributed by atoms with Gasteiger partial charge in [-0.25, -0.2) is 5.09 Å². The lowest BCUT2D eigenvalue weighted by atomic mass is 9.99. The number of esters is 1. The highest BCUT2D eigenvalue weighted by atomic mass is 31.2. The number of carbonyl (C=O) groups is 2. The second-order valence-corrected chi connectivity index (χ2v) is 9.43. The third-order valence-electron chi connectivity index (χ3n) is 5.44. The highest BCUT2D eigenvalue weighted by molar-refractivity contribution is 7.43. The molecule has 10 nitrogen and oxygen atoms in total. The van der Waals surface area contributed by atoms with Gasteiger partial charge < -0.3 is 24.6 Å². The smallest absolute Gasteiger partial charge is 0.323 e. The van der Waals surface area contributed by atoms with E-state index in [9.17, 15) is 14.5 Å². The molecule has 0 saturated carbocycles. The Hall–Kier alpha value is -1.58. The maximum atomic E-state index is 12.2. The van der Waals surface area contributed by atoms with Gasteiger partial charge in [-0.05, 0) is 38.2 Å². The molecule has 0 aliphatic carbocycles. The van der Waals surface area contributed by atoms with Crippen molar-refractivity contribution in [1.82, 2.24) is 9.99 Å². The number of amides is 1. The van der Waals surface area contributed by atoms with Crippen molar-refractivity contribution in [1.29, 1.82) is 0 Å². The maximum absolute atomic E-state index is 12.2. The lowest BCUT2D eigenvalue weighted by Crippen LogP contribution is -2.35. The number of amidine groups is 1. The molecule has 1 aliphatic heterocycles. The number of carbonyl (C=O) groups excluding carboxylic acids is 2. The number of hydrogen-bond acceptors (Lipinski definition) is 8. The van der Waals surface area contributed by atoms with Gasteiger partial charge in [-0.2, -0.15) is 0 Å². The molecule has 0 aromatic rings. The molecule has 1 amide bonds. The van der Waals surface area contributed by atoms with Crippen molar-refractivity contribution in [2.24, 2.45) is 22.6 Å². The summed E-state index contributed by atoms with van der Waals surface area (Å²) < 4.78 is 16.8. The summed E-state index contributed by atoms with van der Waals surface area (Å²) >= 11 is 0. The molecule has 0 aromatic heterocycles. The van der Waals surface area contributed by atoms with E-state index >= 15 is 0 Å². The van der Waals surface area contributed by atoms with Gasteiger partial charge in [0.15, 0.2) is 0 Å². The van der Waals surface area contributed by atoms with Crippen LogP contribution in [0.25, 0.3) is 0 Å². The standard InChI is InChI=1S/C22H41N4O6P/c1-6-8-18(9-7-2)13-30-22(28)17(4)25-33(29)31-14-19-12-16(3)21(32-19)26(15-27)11-10-20(23)24-5/h10-11,15-19,21,25,29H,6-9,12-14H2,1-5H3,(H2,23,24)/b11-10-/t16?,17-,19?,21?,33?/m0/s1. The Labute approximate surface area is 198 Å². The summed E-state index contributed by atoms with van der Waals surface area (Å²) in [5.41, 5.74) is 5.63. The average molecular weight is 489 g/mol. The van der Waals surface area contributed by atoms with Crippen LogP contribution < -0.4 is 10.8 Å². The predicted octanol–water partition coefficient (Wildman–Crippen LogP) is 2.67. The minimum atomic E-state index is -2.03. The van der Waals surface area contributed by atoms with Crippen LogP contribution in [-0.4, -0.2) is 66.6 Å². The molecule has 0 spiro atoms. The molecule has 1 saturated heterocycles. The molecule has 11 heteroatoms. The SMILES string of the molecule is CCCC(CCC)COC(=O)[C@H](C)NP(O)OCC1CC(C)C(N(C=O)/C=C\C(N)=NC)O1. The third kappa shape index (κ3) is 10.9. The Morgan fingerprint density at radius 1 is 1.39 bits per heavy atom. The summed E-state index contributed by atoms with van der Waals surface area (Å²) in [4.78, 5) is 39.1. The van der Waals surface area contributed by atoms with Crippen LogP contribution in [0.1, 0.15) is 59.8 Å². The van der Waals surface area contributed by atoms with Gasteiger partial charge in [0.05, 0.1) is 19.3 Å². The zero-order valence-corrected chi connectivity index (χ0v) is 21.4. The number of nitrogens with two attached hydrogens (primary N) is 1. The molecule has 0 aromatic carbocycles. The number of hydrogen-bond donors (Lipinski definition) is 3. The van der Waals surface area contributed by atoms with E-state index in [1.54, 1.807) is 14.0 Å². The summed E-state index contributed by atoms with van der Waals surface area (Å²) in [5.74, 6) is 0.304. The van der Waals surface area contributed by atoms with Crippen LogP contribution in [0.15, 0.2) is 17.3 Å². The normalized spacial score (nSPS) is 23.1. The van der Waals surface area contributed by atoms with Crippen molar-refractivity contribution < 1.29 is 28.5 Å². The fourth-order valence-electron chi connectivity index (χ4n) is 3.67. The van der Waals surface area contributed by atoms with Crippen molar-refractivity contribution in [3.05, 3.63) is 12.3 Å². The number of nitrogens with one attached hydrogen (secondary N) is 1. The Morgan fingerprint density at radius 3 is 2.64 bits per heavy atom. The Morgan fingerprint density at radius 2 is 2.06 bits per heavy atom. The van der Waals surface area contributed by atoms with Crippen LogP contribution in [0.5, 0.6) is 0 Å². The quantitative estimate of drug-likeness (QED) is 0.0992. The second kappa shape index (κ2) is 16.1. The van der Waals surface area contributed by atoms with Gasteiger partial charge in [-0.1, -0.05) is 33.6 Å². The van der Waals surface area contributed by atoms with Gasteiger partial charge >= 0.3 is 5.97 Å². The zero-order valence-electron chi connectivity index (χ0n) is 20.5. The highest BCUT2D eigenvalue weighted by Crippen LogP contribution is 2.33. The van der Waals surface area contributed by atoms with E-state index in [1.165, 1.54) is 17.2 Å². The molecule has 0 radical (unpaired) electrons. The highest BCUT2D eigenvalue weighted by Gasteiger charge is 2.36. The van der Waals surface area contributed by atoms with Crippen molar-refractivity contribution >= 4 is 26.7 Å². The summed E-state index contributed by atoms with van der Waals surface area (Å²) in [5, 5.41) is 2.75. The number of aliphatic imine (C=N–C) groups is 1. The molecule has 5 atom stereocenters. The maximum Gasteiger partial charge on any atom is 0.323 e. The molecule has 4 N–H and O–H groups in total. The van der Waals surface area contributed by atoms with Crippen LogP contribution in [-0.2, 0) is 23.6 Å². The first-order chi connectivity index (χ1) is 15.7. The molecule has 1 rings (SSSR count). The summed E-state index contributed by atoms with van der Waals surface area (Å²) in [6, 6.07) is -0.692. The number of nitrogens with zero attached hydrogens (tertiary/aromatic N) is 2. The van der Waals surface area contributed by atoms with Crippen molar-refractivity contribution in [3.63, 3.8) is 0 Å². The molecule has 4 unspecified atom stereocenters. The topological polar surface area (TPSA) is 136 Å². The Kier molecular flexibility index (Phi) is 14.4. The van der Waals surface area contributed by atoms with Crippen molar-refractivity contribution in [3.8, 4) is 0 Å². The molecule has 1 fully saturated rings. The second-order valence-electron chi connectivity index (χ2n) is 8.37. The van der Waals surface area contributed by atoms with Gasteiger partial charge in [-0.15, -0.1) is 0 Å². The first kappa shape index (κ1) is 29.5. The van der Waals surface area contributed by atoms with Gasteiger partial charge in [-0.3, -0.25) is 19.5 Å². The largest absolute Gasteiger partial charge is 0.464 e. The molecular weight excluding hydrogens is 447 g/mol. The van der Waals surface area contributed by atoms with Gasteiger partial charge in [0, 0.05) is 19.2 Å². The van der Waals surface area contributed by atoms with Crippen molar-refractivity contribution in [2.75, 3.05) is 20.3 Å². The molecule has 1 heterocycles. The summed E-state index contributed by atoms with van der Waals surface area (Å²) in [7, 11) is -0.474. The minimum absolute atomic E-state index is 0.0548. The first-order valence-electron chi connectivity index (χ1n) is 11.6. The third-order valence-corrected chi connectivity index (χ3v) is 6.44. The Balaban J connectivity index is 2.44. The average Bonchev–Trinajstić information content (AvgIpc) is 3.16. The van der Waals surface area contributed by atoms with Gasteiger partial charge in [0.25, 0.3) is 8.53 Å². The minimum Gasteiger partial charge on any atom is -0.464 e. The number of rotatable bonds is 16. The lowest BCUT2D eigenvalue weighted by Gasteiger charge is -2.24. The molecule has 33 heavy (non-hydrogen) atoms. The van der Waals surface area contributed by atoms with E-state index in [-0.39, 0.29) is 18.6 Å². The van der Waals surface area contributed by atoms with Crippen LogP contribution in [0.2, 0.25) is 0 Å². The van der Waals surface area contributed by atoms with E-state index in [2.05, 4.69) is 23.9 Å². The van der Waals surface area contributed by atoms with E-state index in [1.807, 2.05) is 6.92 Å². The van der Waals surface area contributed by atoms with Crippen LogP contribution in [0, 0.1) is 11.8 Å². The molecule has 0 bridgehead atoms. The number of ether oxygens (including phenoxy) is 2. The molecule has 1 aliphatic rings. The van der Waals surface area contributed by atoms with E-state index in [0.717, 1.165) is 25.7 Å². The molecule has 190 valence electrons. The fraction of sp³-hybridized carbons (Fsp3) is 0.773. The van der Waals surface area contributed by atoms with E-state index in [0.29, 0.717) is 31.2 Å². The van der Waals surface area contributed by atoms with E-state index in [4.69, 9.17) is 19.7 Å². The van der Waals surface area contributed by atoms with Crippen LogP contribution in [0.3, 0.4) is 0 Å². The van der Waals surface area contributed by atoms with Gasteiger partial charge in [0.2, 0.25) is 6.41 Å². The summed E-state index contributed by atoms with van der Waals surface area (Å²) in [6.07, 6.45) is 7.75. The Bertz CT molecular complexity index is 644. The van der Waals surface area contributed by atoms with Crippen LogP contribution in [0.4, 0.5) is 0 Å². The summed E-state index contributed by atoms with van der Waals surface area (Å²) in [6.45, 7) is 8.36. The zero-order chi connectivity index (χ0) is 24.8.